The first-order chi connectivity index (χ1) is 24.8. The van der Waals surface area contributed by atoms with Crippen molar-refractivity contribution in [3.63, 3.8) is 0 Å². The highest BCUT2D eigenvalue weighted by Gasteiger charge is 2.52. The van der Waals surface area contributed by atoms with Crippen LogP contribution in [0.25, 0.3) is 10.8 Å². The molecule has 2 aliphatic rings. The highest BCUT2D eigenvalue weighted by Crippen LogP contribution is 2.31. The van der Waals surface area contributed by atoms with Gasteiger partial charge in [0.2, 0.25) is 11.8 Å². The first-order valence-corrected chi connectivity index (χ1v) is 16.5. The number of piperazine rings is 1. The van der Waals surface area contributed by atoms with E-state index in [1.165, 1.54) is 12.1 Å². The third-order valence-electron chi connectivity index (χ3n) is 9.13. The molecular formula is C39H39N5O7. The summed E-state index contributed by atoms with van der Waals surface area (Å²) >= 11 is 0. The van der Waals surface area contributed by atoms with Crippen LogP contribution < -0.4 is 14.8 Å². The van der Waals surface area contributed by atoms with Crippen LogP contribution in [-0.4, -0.2) is 96.3 Å². The first kappa shape index (κ1) is 34.8. The number of hydrogen-bond acceptors (Lipinski definition) is 8. The van der Waals surface area contributed by atoms with Gasteiger partial charge in [0.1, 0.15) is 23.7 Å². The summed E-state index contributed by atoms with van der Waals surface area (Å²) in [5.41, 5.74) is 2.61. The molecule has 2 heterocycles. The van der Waals surface area contributed by atoms with Gasteiger partial charge in [-0.1, -0.05) is 72.7 Å². The third-order valence-corrected chi connectivity index (χ3v) is 9.13. The Morgan fingerprint density at radius 2 is 1.63 bits per heavy atom. The van der Waals surface area contributed by atoms with Gasteiger partial charge in [-0.15, -0.1) is 6.42 Å². The largest absolute Gasteiger partial charge is 0.497 e. The number of nitrogens with zero attached hydrogens (tertiary/aromatic N) is 4. The second-order valence-electron chi connectivity index (χ2n) is 12.2. The Morgan fingerprint density at radius 3 is 2.35 bits per heavy atom. The molecule has 0 aliphatic carbocycles. The third kappa shape index (κ3) is 7.74. The molecule has 12 heteroatoms. The molecule has 4 amide bonds. The minimum atomic E-state index is -0.854. The number of rotatable bonds is 12. The molecule has 0 saturated carbocycles. The fourth-order valence-corrected chi connectivity index (χ4v) is 6.55. The van der Waals surface area contributed by atoms with Crippen LogP contribution in [0.4, 0.5) is 4.79 Å². The summed E-state index contributed by atoms with van der Waals surface area (Å²) in [7, 11) is 2.87. The Balaban J connectivity index is 1.28. The Bertz CT molecular complexity index is 1940. The lowest BCUT2D eigenvalue weighted by Crippen LogP contribution is -2.66. The molecule has 12 nitrogen and oxygen atoms in total. The standard InChI is InChI=1S/C39H39N5O7/c1-4-20-42(39(48)40-22-28-14-16-31(49-2)17-15-28)43-25-36(45)44-34(21-27-12-18-32(19-13-27)51-26-37(46)50-3)38(47)41(24-35(43)44)23-30-10-7-9-29-8-5-6-11-33(29)30/h1,5-19,34-35H,20-26H2,2-3H3,(H,40,48)/t34-,35+/m0/s1. The summed E-state index contributed by atoms with van der Waals surface area (Å²) in [5.74, 6) is 2.73. The average molecular weight is 690 g/mol. The Labute approximate surface area is 296 Å². The maximum Gasteiger partial charge on any atom is 0.343 e. The van der Waals surface area contributed by atoms with E-state index in [9.17, 15) is 19.2 Å². The number of ether oxygens (including phenoxy) is 3. The fraction of sp³-hybridized carbons (Fsp3) is 0.282. The SMILES string of the molecule is C#CCN(C(=O)NCc1ccc(OC)cc1)N1CC(=O)N2[C@@H](Cc3ccc(OCC(=O)OC)cc3)C(=O)N(Cc3cccc4ccccc34)C[C@@H]21. The van der Waals surface area contributed by atoms with Gasteiger partial charge < -0.3 is 29.3 Å². The first-order valence-electron chi connectivity index (χ1n) is 16.5. The predicted molar refractivity (Wildman–Crippen MR) is 189 cm³/mol. The zero-order valence-corrected chi connectivity index (χ0v) is 28.5. The van der Waals surface area contributed by atoms with E-state index in [1.54, 1.807) is 46.2 Å². The highest BCUT2D eigenvalue weighted by atomic mass is 16.6. The summed E-state index contributed by atoms with van der Waals surface area (Å²) in [6.07, 6.45) is 5.32. The van der Waals surface area contributed by atoms with Gasteiger partial charge in [-0.2, -0.15) is 5.01 Å². The molecule has 0 bridgehead atoms. The topological polar surface area (TPSA) is 121 Å². The number of nitrogens with one attached hydrogen (secondary N) is 1. The number of carbonyl (C=O) groups excluding carboxylic acids is 4. The quantitative estimate of drug-likeness (QED) is 0.177. The molecule has 4 aromatic carbocycles. The van der Waals surface area contributed by atoms with Gasteiger partial charge in [0, 0.05) is 19.5 Å². The lowest BCUT2D eigenvalue weighted by Gasteiger charge is -2.46. The minimum absolute atomic E-state index is 0.0823. The lowest BCUT2D eigenvalue weighted by molar-refractivity contribution is -0.157. The number of esters is 1. The molecule has 0 spiro atoms. The fourth-order valence-electron chi connectivity index (χ4n) is 6.55. The summed E-state index contributed by atoms with van der Waals surface area (Å²) in [6.45, 7) is 0.255. The van der Waals surface area contributed by atoms with Crippen molar-refractivity contribution in [1.29, 1.82) is 0 Å². The van der Waals surface area contributed by atoms with Crippen molar-refractivity contribution in [3.05, 3.63) is 108 Å². The number of fused-ring (bicyclic) bond motifs is 2. The molecule has 262 valence electrons. The molecule has 6 rings (SSSR count). The molecule has 2 atom stereocenters. The maximum absolute atomic E-state index is 14.4. The number of hydrogen-bond donors (Lipinski definition) is 1. The molecule has 0 aromatic heterocycles. The summed E-state index contributed by atoms with van der Waals surface area (Å²) in [5, 5.41) is 8.06. The van der Waals surface area contributed by atoms with E-state index in [2.05, 4.69) is 16.0 Å². The van der Waals surface area contributed by atoms with Crippen LogP contribution in [0.2, 0.25) is 0 Å². The van der Waals surface area contributed by atoms with Crippen LogP contribution >= 0.6 is 0 Å². The van der Waals surface area contributed by atoms with E-state index >= 15 is 0 Å². The van der Waals surface area contributed by atoms with Crippen molar-refractivity contribution in [2.24, 2.45) is 0 Å². The van der Waals surface area contributed by atoms with Crippen LogP contribution in [0.1, 0.15) is 16.7 Å². The summed E-state index contributed by atoms with van der Waals surface area (Å²) in [6, 6.07) is 27.0. The van der Waals surface area contributed by atoms with Gasteiger partial charge >= 0.3 is 12.0 Å². The normalized spacial score (nSPS) is 17.1. The average Bonchev–Trinajstić information content (AvgIpc) is 3.48. The molecule has 0 unspecified atom stereocenters. The van der Waals surface area contributed by atoms with Crippen molar-refractivity contribution in [3.8, 4) is 23.8 Å². The maximum atomic E-state index is 14.4. The van der Waals surface area contributed by atoms with Gasteiger partial charge in [0.05, 0.1) is 33.9 Å². The molecule has 4 aromatic rings. The lowest BCUT2D eigenvalue weighted by atomic mass is 9.99. The van der Waals surface area contributed by atoms with Crippen LogP contribution in [0.5, 0.6) is 11.5 Å². The van der Waals surface area contributed by atoms with Gasteiger partial charge in [-0.3, -0.25) is 9.59 Å². The zero-order chi connectivity index (χ0) is 35.9. The van der Waals surface area contributed by atoms with Crippen LogP contribution in [-0.2, 0) is 38.6 Å². The number of benzene rings is 4. The molecule has 2 saturated heterocycles. The van der Waals surface area contributed by atoms with Crippen LogP contribution in [0, 0.1) is 12.3 Å². The predicted octanol–water partition coefficient (Wildman–Crippen LogP) is 3.58. The van der Waals surface area contributed by atoms with E-state index in [1.807, 2.05) is 66.7 Å². The van der Waals surface area contributed by atoms with Gasteiger partial charge in [0.25, 0.3) is 0 Å². The Hall–Kier alpha value is -6.06. The van der Waals surface area contributed by atoms with E-state index in [4.69, 9.17) is 15.9 Å². The Kier molecular flexibility index (Phi) is 10.7. The summed E-state index contributed by atoms with van der Waals surface area (Å²) < 4.78 is 15.4. The number of terminal acetylenes is 1. The number of urea groups is 1. The second kappa shape index (κ2) is 15.7. The number of carbonyl (C=O) groups is 4. The van der Waals surface area contributed by atoms with Crippen molar-refractivity contribution in [2.45, 2.75) is 31.7 Å². The number of amides is 4. The van der Waals surface area contributed by atoms with E-state index in [-0.39, 0.29) is 51.0 Å². The van der Waals surface area contributed by atoms with Crippen LogP contribution in [0.3, 0.4) is 0 Å². The van der Waals surface area contributed by atoms with E-state index in [0.29, 0.717) is 18.0 Å². The monoisotopic (exact) mass is 689 g/mol. The Morgan fingerprint density at radius 1 is 0.922 bits per heavy atom. The molecule has 51 heavy (non-hydrogen) atoms. The van der Waals surface area contributed by atoms with Gasteiger partial charge in [0.15, 0.2) is 6.61 Å². The van der Waals surface area contributed by atoms with Crippen molar-refractivity contribution < 1.29 is 33.4 Å². The van der Waals surface area contributed by atoms with E-state index in [0.717, 1.165) is 27.5 Å². The zero-order valence-electron chi connectivity index (χ0n) is 28.5. The molecule has 2 aliphatic heterocycles. The second-order valence-corrected chi connectivity index (χ2v) is 12.2. The van der Waals surface area contributed by atoms with Crippen molar-refractivity contribution >= 4 is 34.6 Å². The number of methoxy groups -OCH3 is 2. The molecular weight excluding hydrogens is 650 g/mol. The van der Waals surface area contributed by atoms with Crippen molar-refractivity contribution in [2.75, 3.05) is 40.5 Å². The summed E-state index contributed by atoms with van der Waals surface area (Å²) in [4.78, 5) is 56.8. The number of hydrazine groups is 1. The van der Waals surface area contributed by atoms with Gasteiger partial charge in [-0.05, 0) is 51.7 Å². The molecule has 1 N–H and O–H groups in total. The van der Waals surface area contributed by atoms with E-state index < -0.39 is 24.2 Å². The molecule has 0 radical (unpaired) electrons. The van der Waals surface area contributed by atoms with Gasteiger partial charge in [-0.25, -0.2) is 14.6 Å². The van der Waals surface area contributed by atoms with Crippen LogP contribution in [0.15, 0.2) is 91.0 Å². The minimum Gasteiger partial charge on any atom is -0.497 e. The highest BCUT2D eigenvalue weighted by molar-refractivity contribution is 5.92. The van der Waals surface area contributed by atoms with Crippen molar-refractivity contribution in [1.82, 2.24) is 25.1 Å². The molecule has 2 fully saturated rings. The smallest absolute Gasteiger partial charge is 0.343 e.